The van der Waals surface area contributed by atoms with E-state index >= 15 is 0 Å². The minimum absolute atomic E-state index is 0.270. The lowest BCUT2D eigenvalue weighted by atomic mass is 10.2. The zero-order valence-corrected chi connectivity index (χ0v) is 11.1. The van der Waals surface area contributed by atoms with Gasteiger partial charge in [-0.15, -0.1) is 0 Å². The van der Waals surface area contributed by atoms with E-state index in [1.807, 2.05) is 19.2 Å². The monoisotopic (exact) mass is 260 g/mol. The fourth-order valence-electron chi connectivity index (χ4n) is 1.90. The summed E-state index contributed by atoms with van der Waals surface area (Å²) in [6.07, 6.45) is 5.09. The van der Waals surface area contributed by atoms with Crippen molar-refractivity contribution in [3.63, 3.8) is 0 Å². The molecule has 0 aliphatic rings. The highest BCUT2D eigenvalue weighted by molar-refractivity contribution is 5.43. The first-order chi connectivity index (χ1) is 9.22. The third-order valence-electron chi connectivity index (χ3n) is 2.85. The largest absolute Gasteiger partial charge is 0.353 e. The molecular formula is C14H17FN4. The van der Waals surface area contributed by atoms with Crippen molar-refractivity contribution >= 4 is 5.82 Å². The lowest BCUT2D eigenvalue weighted by Crippen LogP contribution is -2.20. The van der Waals surface area contributed by atoms with E-state index in [9.17, 15) is 4.39 Å². The number of rotatable bonds is 5. The molecule has 0 saturated heterocycles. The molecule has 5 heteroatoms. The third-order valence-corrected chi connectivity index (χ3v) is 2.85. The van der Waals surface area contributed by atoms with E-state index in [1.165, 1.54) is 0 Å². The second kappa shape index (κ2) is 6.24. The van der Waals surface area contributed by atoms with Crippen molar-refractivity contribution in [2.45, 2.75) is 13.1 Å². The standard InChI is InChI=1S/C14H17FN4/c1-16-9-12-5-8-18-14(13(12)15)19(2)10-11-3-6-17-7-4-11/h3-8,16H,9-10H2,1-2H3. The van der Waals surface area contributed by atoms with Gasteiger partial charge in [-0.2, -0.15) is 0 Å². The van der Waals surface area contributed by atoms with E-state index < -0.39 is 0 Å². The molecule has 0 saturated carbocycles. The maximum absolute atomic E-state index is 14.3. The van der Waals surface area contributed by atoms with Crippen LogP contribution in [0.1, 0.15) is 11.1 Å². The molecule has 0 amide bonds. The molecule has 0 radical (unpaired) electrons. The van der Waals surface area contributed by atoms with E-state index in [1.54, 1.807) is 36.6 Å². The smallest absolute Gasteiger partial charge is 0.170 e. The van der Waals surface area contributed by atoms with E-state index in [-0.39, 0.29) is 5.82 Å². The predicted molar refractivity (Wildman–Crippen MR) is 73.3 cm³/mol. The van der Waals surface area contributed by atoms with Gasteiger partial charge in [-0.05, 0) is 30.8 Å². The minimum Gasteiger partial charge on any atom is -0.353 e. The predicted octanol–water partition coefficient (Wildman–Crippen LogP) is 1.97. The van der Waals surface area contributed by atoms with Crippen molar-refractivity contribution in [2.24, 2.45) is 0 Å². The van der Waals surface area contributed by atoms with Gasteiger partial charge in [-0.3, -0.25) is 4.98 Å². The van der Waals surface area contributed by atoms with Crippen LogP contribution in [-0.4, -0.2) is 24.1 Å². The quantitative estimate of drug-likeness (QED) is 0.892. The summed E-state index contributed by atoms with van der Waals surface area (Å²) in [7, 11) is 3.62. The van der Waals surface area contributed by atoms with Crippen LogP contribution in [0.2, 0.25) is 0 Å². The van der Waals surface area contributed by atoms with Crippen LogP contribution in [0.4, 0.5) is 10.2 Å². The highest BCUT2D eigenvalue weighted by atomic mass is 19.1. The summed E-state index contributed by atoms with van der Waals surface area (Å²) < 4.78 is 14.3. The summed E-state index contributed by atoms with van der Waals surface area (Å²) in [4.78, 5) is 9.89. The van der Waals surface area contributed by atoms with Crippen LogP contribution in [0.15, 0.2) is 36.8 Å². The average molecular weight is 260 g/mol. The topological polar surface area (TPSA) is 41.1 Å². The van der Waals surface area contributed by atoms with Crippen molar-refractivity contribution in [1.29, 1.82) is 0 Å². The minimum atomic E-state index is -0.270. The molecule has 19 heavy (non-hydrogen) atoms. The van der Waals surface area contributed by atoms with Crippen molar-refractivity contribution in [2.75, 3.05) is 19.0 Å². The highest BCUT2D eigenvalue weighted by Crippen LogP contribution is 2.19. The summed E-state index contributed by atoms with van der Waals surface area (Å²) in [5, 5.41) is 2.95. The van der Waals surface area contributed by atoms with Crippen molar-refractivity contribution in [3.8, 4) is 0 Å². The molecule has 0 unspecified atom stereocenters. The molecule has 2 aromatic rings. The first-order valence-corrected chi connectivity index (χ1v) is 6.10. The van der Waals surface area contributed by atoms with Crippen molar-refractivity contribution < 1.29 is 4.39 Å². The van der Waals surface area contributed by atoms with E-state index in [2.05, 4.69) is 15.3 Å². The van der Waals surface area contributed by atoms with Crippen LogP contribution in [-0.2, 0) is 13.1 Å². The Morgan fingerprint density at radius 2 is 1.95 bits per heavy atom. The lowest BCUT2D eigenvalue weighted by Gasteiger charge is -2.19. The van der Waals surface area contributed by atoms with Gasteiger partial charge in [-0.25, -0.2) is 9.37 Å². The van der Waals surface area contributed by atoms with Gasteiger partial charge >= 0.3 is 0 Å². The number of anilines is 1. The van der Waals surface area contributed by atoms with Gasteiger partial charge in [0.15, 0.2) is 11.6 Å². The number of nitrogens with one attached hydrogen (secondary N) is 1. The molecule has 0 atom stereocenters. The fourth-order valence-corrected chi connectivity index (χ4v) is 1.90. The molecule has 0 aromatic carbocycles. The van der Waals surface area contributed by atoms with Gasteiger partial charge in [0.2, 0.25) is 0 Å². The van der Waals surface area contributed by atoms with Gasteiger partial charge in [0, 0.05) is 44.3 Å². The van der Waals surface area contributed by atoms with Crippen LogP contribution in [0.3, 0.4) is 0 Å². The molecular weight excluding hydrogens is 243 g/mol. The molecule has 100 valence electrons. The number of hydrogen-bond acceptors (Lipinski definition) is 4. The lowest BCUT2D eigenvalue weighted by molar-refractivity contribution is 0.589. The van der Waals surface area contributed by atoms with Gasteiger partial charge in [0.05, 0.1) is 0 Å². The number of hydrogen-bond donors (Lipinski definition) is 1. The molecule has 0 fully saturated rings. The fraction of sp³-hybridized carbons (Fsp3) is 0.286. The maximum Gasteiger partial charge on any atom is 0.170 e. The Bertz CT molecular complexity index is 530. The van der Waals surface area contributed by atoms with Crippen molar-refractivity contribution in [1.82, 2.24) is 15.3 Å². The molecule has 0 spiro atoms. The number of pyridine rings is 2. The highest BCUT2D eigenvalue weighted by Gasteiger charge is 2.13. The van der Waals surface area contributed by atoms with Crippen LogP contribution in [0.25, 0.3) is 0 Å². The Balaban J connectivity index is 2.19. The normalized spacial score (nSPS) is 10.5. The zero-order chi connectivity index (χ0) is 13.7. The van der Waals surface area contributed by atoms with Gasteiger partial charge in [0.25, 0.3) is 0 Å². The van der Waals surface area contributed by atoms with Crippen LogP contribution in [0, 0.1) is 5.82 Å². The van der Waals surface area contributed by atoms with E-state index in [0.717, 1.165) is 5.56 Å². The average Bonchev–Trinajstić information content (AvgIpc) is 2.42. The van der Waals surface area contributed by atoms with E-state index in [0.29, 0.717) is 24.5 Å². The maximum atomic E-state index is 14.3. The molecule has 4 nitrogen and oxygen atoms in total. The molecule has 2 heterocycles. The Kier molecular flexibility index (Phi) is 4.41. The number of aromatic nitrogens is 2. The van der Waals surface area contributed by atoms with Crippen molar-refractivity contribution in [3.05, 3.63) is 53.7 Å². The van der Waals surface area contributed by atoms with Gasteiger partial charge in [0.1, 0.15) is 0 Å². The Morgan fingerprint density at radius 3 is 2.63 bits per heavy atom. The number of halogens is 1. The Hall–Kier alpha value is -2.01. The SMILES string of the molecule is CNCc1ccnc(N(C)Cc2ccncc2)c1F. The third kappa shape index (κ3) is 3.26. The molecule has 0 aliphatic carbocycles. The summed E-state index contributed by atoms with van der Waals surface area (Å²) in [5.41, 5.74) is 1.69. The van der Waals surface area contributed by atoms with Crippen LogP contribution in [0.5, 0.6) is 0 Å². The second-order valence-corrected chi connectivity index (χ2v) is 4.35. The number of nitrogens with zero attached hydrogens (tertiary/aromatic N) is 3. The summed E-state index contributed by atoms with van der Waals surface area (Å²) in [6.45, 7) is 1.08. The Labute approximate surface area is 112 Å². The molecule has 2 aromatic heterocycles. The zero-order valence-electron chi connectivity index (χ0n) is 11.1. The Morgan fingerprint density at radius 1 is 1.21 bits per heavy atom. The van der Waals surface area contributed by atoms with Gasteiger partial charge in [-0.1, -0.05) is 0 Å². The summed E-state index contributed by atoms with van der Waals surface area (Å²) >= 11 is 0. The van der Waals surface area contributed by atoms with Crippen LogP contribution >= 0.6 is 0 Å². The van der Waals surface area contributed by atoms with Gasteiger partial charge < -0.3 is 10.2 Å². The molecule has 0 bridgehead atoms. The summed E-state index contributed by atoms with van der Waals surface area (Å²) in [5.74, 6) is 0.0953. The second-order valence-electron chi connectivity index (χ2n) is 4.35. The summed E-state index contributed by atoms with van der Waals surface area (Å²) in [6, 6.07) is 5.51. The van der Waals surface area contributed by atoms with Crippen LogP contribution < -0.4 is 10.2 Å². The first kappa shape index (κ1) is 13.4. The molecule has 1 N–H and O–H groups in total. The molecule has 2 rings (SSSR count). The molecule has 0 aliphatic heterocycles. The first-order valence-electron chi connectivity index (χ1n) is 6.10. The van der Waals surface area contributed by atoms with E-state index in [4.69, 9.17) is 0 Å².